The zero-order valence-electron chi connectivity index (χ0n) is 10.9. The Bertz CT molecular complexity index is 435. The molecule has 0 spiro atoms. The Morgan fingerprint density at radius 2 is 2.12 bits per heavy atom. The van der Waals surface area contributed by atoms with Gasteiger partial charge < -0.3 is 10.0 Å². The number of aliphatic hydroxyl groups excluding tert-OH is 1. The Morgan fingerprint density at radius 1 is 1.47 bits per heavy atom. The summed E-state index contributed by atoms with van der Waals surface area (Å²) in [7, 11) is 0. The second-order valence-electron chi connectivity index (χ2n) is 4.37. The summed E-state index contributed by atoms with van der Waals surface area (Å²) in [4.78, 5) is 6.32. The van der Waals surface area contributed by atoms with Crippen molar-refractivity contribution in [2.45, 2.75) is 33.7 Å². The van der Waals surface area contributed by atoms with Crippen LogP contribution in [-0.2, 0) is 0 Å². The van der Waals surface area contributed by atoms with Crippen molar-refractivity contribution in [2.75, 3.05) is 18.1 Å². The number of hydrogen-bond donors (Lipinski definition) is 1. The van der Waals surface area contributed by atoms with E-state index in [-0.39, 0.29) is 12.6 Å². The molecule has 0 atom stereocenters. The number of pyridine rings is 1. The molecule has 0 fully saturated rings. The van der Waals surface area contributed by atoms with Gasteiger partial charge >= 0.3 is 0 Å². The van der Waals surface area contributed by atoms with Crippen LogP contribution in [0.15, 0.2) is 6.07 Å². The third kappa shape index (κ3) is 2.95. The Balaban J connectivity index is 3.31. The molecule has 0 aliphatic heterocycles. The van der Waals surface area contributed by atoms with Gasteiger partial charge in [-0.3, -0.25) is 4.98 Å². The molecule has 4 heteroatoms. The molecule has 0 saturated heterocycles. The topological polar surface area (TPSA) is 60.1 Å². The summed E-state index contributed by atoms with van der Waals surface area (Å²) in [6.45, 7) is 8.43. The van der Waals surface area contributed by atoms with Gasteiger partial charge in [0.05, 0.1) is 23.6 Å². The molecule has 0 aliphatic rings. The smallest absolute Gasteiger partial charge is 0.103 e. The fourth-order valence-corrected chi connectivity index (χ4v) is 1.94. The summed E-state index contributed by atoms with van der Waals surface area (Å²) in [5, 5.41) is 18.3. The van der Waals surface area contributed by atoms with Crippen molar-refractivity contribution in [3.63, 3.8) is 0 Å². The average molecular weight is 233 g/mol. The Hall–Kier alpha value is -1.60. The molecule has 0 amide bonds. The standard InChI is InChI=1S/C13H19N3O/c1-9(2)16(5-6-17)13-7-10(3)15-11(4)12(13)8-14/h7,9,17H,5-6H2,1-4H3. The first kappa shape index (κ1) is 13.5. The molecule has 1 heterocycles. The van der Waals surface area contributed by atoms with E-state index in [0.29, 0.717) is 12.1 Å². The highest BCUT2D eigenvalue weighted by Crippen LogP contribution is 2.24. The van der Waals surface area contributed by atoms with Crippen LogP contribution in [0.1, 0.15) is 30.8 Å². The number of rotatable bonds is 4. The second kappa shape index (κ2) is 5.65. The molecule has 0 bridgehead atoms. The number of anilines is 1. The first-order chi connectivity index (χ1) is 8.01. The van der Waals surface area contributed by atoms with Crippen molar-refractivity contribution in [2.24, 2.45) is 0 Å². The van der Waals surface area contributed by atoms with Crippen molar-refractivity contribution in [1.82, 2.24) is 4.98 Å². The summed E-state index contributed by atoms with van der Waals surface area (Å²) in [6.07, 6.45) is 0. The summed E-state index contributed by atoms with van der Waals surface area (Å²) in [5.74, 6) is 0. The predicted octanol–water partition coefficient (Wildman–Crippen LogP) is 1.78. The lowest BCUT2D eigenvalue weighted by Crippen LogP contribution is -2.34. The fourth-order valence-electron chi connectivity index (χ4n) is 1.94. The van der Waals surface area contributed by atoms with Crippen LogP contribution in [0.2, 0.25) is 0 Å². The number of aryl methyl sites for hydroxylation is 2. The van der Waals surface area contributed by atoms with Crippen molar-refractivity contribution in [3.05, 3.63) is 23.0 Å². The highest BCUT2D eigenvalue weighted by Gasteiger charge is 2.16. The zero-order valence-corrected chi connectivity index (χ0v) is 10.9. The van der Waals surface area contributed by atoms with E-state index < -0.39 is 0 Å². The zero-order chi connectivity index (χ0) is 13.0. The SMILES string of the molecule is Cc1cc(N(CCO)C(C)C)c(C#N)c(C)n1. The van der Waals surface area contributed by atoms with Gasteiger partial charge in [-0.25, -0.2) is 0 Å². The molecule has 0 aliphatic carbocycles. The number of nitrogens with zero attached hydrogens (tertiary/aromatic N) is 3. The summed E-state index contributed by atoms with van der Waals surface area (Å²) < 4.78 is 0. The number of aliphatic hydroxyl groups is 1. The molecule has 0 aromatic carbocycles. The van der Waals surface area contributed by atoms with Gasteiger partial charge in [-0.15, -0.1) is 0 Å². The lowest BCUT2D eigenvalue weighted by atomic mass is 10.1. The molecule has 0 radical (unpaired) electrons. The van der Waals surface area contributed by atoms with Crippen LogP contribution in [0.4, 0.5) is 5.69 Å². The van der Waals surface area contributed by atoms with Gasteiger partial charge in [0.2, 0.25) is 0 Å². The van der Waals surface area contributed by atoms with E-state index in [1.54, 1.807) is 0 Å². The van der Waals surface area contributed by atoms with Crippen LogP contribution < -0.4 is 4.90 Å². The van der Waals surface area contributed by atoms with Crippen LogP contribution in [0.3, 0.4) is 0 Å². The highest BCUT2D eigenvalue weighted by molar-refractivity contribution is 5.62. The largest absolute Gasteiger partial charge is 0.395 e. The van der Waals surface area contributed by atoms with E-state index in [4.69, 9.17) is 5.11 Å². The average Bonchev–Trinajstić information content (AvgIpc) is 2.24. The third-order valence-electron chi connectivity index (χ3n) is 2.69. The van der Waals surface area contributed by atoms with Gasteiger partial charge in [0, 0.05) is 18.3 Å². The molecule has 0 saturated carbocycles. The molecule has 1 aromatic rings. The van der Waals surface area contributed by atoms with Gasteiger partial charge in [0.1, 0.15) is 6.07 Å². The number of nitriles is 1. The van der Waals surface area contributed by atoms with Crippen LogP contribution in [0.5, 0.6) is 0 Å². The number of hydrogen-bond acceptors (Lipinski definition) is 4. The first-order valence-electron chi connectivity index (χ1n) is 5.77. The highest BCUT2D eigenvalue weighted by atomic mass is 16.3. The second-order valence-corrected chi connectivity index (χ2v) is 4.37. The van der Waals surface area contributed by atoms with Crippen molar-refractivity contribution < 1.29 is 5.11 Å². The Morgan fingerprint density at radius 3 is 2.59 bits per heavy atom. The minimum atomic E-state index is 0.0729. The van der Waals surface area contributed by atoms with Crippen molar-refractivity contribution in [1.29, 1.82) is 5.26 Å². The van der Waals surface area contributed by atoms with E-state index in [2.05, 4.69) is 11.1 Å². The summed E-state index contributed by atoms with van der Waals surface area (Å²) >= 11 is 0. The Labute approximate surface area is 103 Å². The van der Waals surface area contributed by atoms with E-state index >= 15 is 0 Å². The maximum Gasteiger partial charge on any atom is 0.103 e. The van der Waals surface area contributed by atoms with Gasteiger partial charge in [-0.1, -0.05) is 0 Å². The van der Waals surface area contributed by atoms with Gasteiger partial charge in [0.25, 0.3) is 0 Å². The third-order valence-corrected chi connectivity index (χ3v) is 2.69. The van der Waals surface area contributed by atoms with E-state index in [0.717, 1.165) is 17.1 Å². The minimum Gasteiger partial charge on any atom is -0.395 e. The lowest BCUT2D eigenvalue weighted by molar-refractivity contribution is 0.299. The van der Waals surface area contributed by atoms with E-state index in [1.165, 1.54) is 0 Å². The van der Waals surface area contributed by atoms with E-state index in [1.807, 2.05) is 38.7 Å². The molecule has 1 N–H and O–H groups in total. The minimum absolute atomic E-state index is 0.0729. The van der Waals surface area contributed by atoms with E-state index in [9.17, 15) is 5.26 Å². The first-order valence-corrected chi connectivity index (χ1v) is 5.77. The molecule has 4 nitrogen and oxygen atoms in total. The normalized spacial score (nSPS) is 10.4. The molecule has 1 aromatic heterocycles. The summed E-state index contributed by atoms with van der Waals surface area (Å²) in [6, 6.07) is 4.33. The van der Waals surface area contributed by atoms with Gasteiger partial charge in [-0.2, -0.15) is 5.26 Å². The maximum absolute atomic E-state index is 9.21. The monoisotopic (exact) mass is 233 g/mol. The van der Waals surface area contributed by atoms with Crippen LogP contribution in [-0.4, -0.2) is 29.3 Å². The van der Waals surface area contributed by atoms with Crippen LogP contribution >= 0.6 is 0 Å². The van der Waals surface area contributed by atoms with Crippen molar-refractivity contribution >= 4 is 5.69 Å². The van der Waals surface area contributed by atoms with Crippen LogP contribution in [0, 0.1) is 25.2 Å². The molecule has 0 unspecified atom stereocenters. The molecule has 17 heavy (non-hydrogen) atoms. The van der Waals surface area contributed by atoms with Gasteiger partial charge in [-0.05, 0) is 33.8 Å². The predicted molar refractivity (Wildman–Crippen MR) is 68.0 cm³/mol. The fraction of sp³-hybridized carbons (Fsp3) is 0.538. The molecular weight excluding hydrogens is 214 g/mol. The molecule has 92 valence electrons. The lowest BCUT2D eigenvalue weighted by Gasteiger charge is -2.29. The summed E-state index contributed by atoms with van der Waals surface area (Å²) in [5.41, 5.74) is 3.09. The Kier molecular flexibility index (Phi) is 4.47. The maximum atomic E-state index is 9.21. The van der Waals surface area contributed by atoms with Gasteiger partial charge in [0.15, 0.2) is 0 Å². The molecular formula is C13H19N3O. The quantitative estimate of drug-likeness (QED) is 0.861. The van der Waals surface area contributed by atoms with Crippen LogP contribution in [0.25, 0.3) is 0 Å². The molecule has 1 rings (SSSR count). The number of aromatic nitrogens is 1. The van der Waals surface area contributed by atoms with Crippen molar-refractivity contribution in [3.8, 4) is 6.07 Å².